The smallest absolute Gasteiger partial charge is 0.253 e. The highest BCUT2D eigenvalue weighted by atomic mass is 32.2. The third kappa shape index (κ3) is 5.07. The van der Waals surface area contributed by atoms with Crippen molar-refractivity contribution in [3.05, 3.63) is 76.7 Å². The lowest BCUT2D eigenvalue weighted by Crippen LogP contribution is -2.50. The van der Waals surface area contributed by atoms with Crippen LogP contribution in [-0.2, 0) is 21.4 Å². The highest BCUT2D eigenvalue weighted by Crippen LogP contribution is 2.14. The minimum absolute atomic E-state index is 0.0826. The zero-order valence-electron chi connectivity index (χ0n) is 15.8. The van der Waals surface area contributed by atoms with Gasteiger partial charge >= 0.3 is 0 Å². The molecule has 0 aromatic heterocycles. The van der Waals surface area contributed by atoms with Crippen molar-refractivity contribution in [3.8, 4) is 0 Å². The van der Waals surface area contributed by atoms with Crippen LogP contribution < -0.4 is 0 Å². The standard InChI is InChI=1S/C21H24N2O4S/c1-27-17-19-7-9-20(10-8-19)21(24)22-12-14-23(15-13-22)28(25,26)16-11-18-5-3-2-4-6-18/h2-11,16H,12-15,17H2,1H3/b16-11+. The van der Waals surface area contributed by atoms with Gasteiger partial charge in [0.15, 0.2) is 0 Å². The lowest BCUT2D eigenvalue weighted by atomic mass is 10.1. The molecule has 0 spiro atoms. The molecule has 1 amide bonds. The number of carbonyl (C=O) groups is 1. The van der Waals surface area contributed by atoms with Crippen LogP contribution in [0.5, 0.6) is 0 Å². The van der Waals surface area contributed by atoms with Crippen molar-refractivity contribution >= 4 is 22.0 Å². The second-order valence-electron chi connectivity index (χ2n) is 6.58. The van der Waals surface area contributed by atoms with Gasteiger partial charge in [-0.3, -0.25) is 4.79 Å². The molecule has 0 unspecified atom stereocenters. The normalized spacial score (nSPS) is 15.8. The molecule has 0 aliphatic carbocycles. The molecule has 2 aromatic rings. The quantitative estimate of drug-likeness (QED) is 0.748. The van der Waals surface area contributed by atoms with E-state index in [1.807, 2.05) is 42.5 Å². The van der Waals surface area contributed by atoms with Crippen molar-refractivity contribution in [1.29, 1.82) is 0 Å². The Balaban J connectivity index is 1.58. The van der Waals surface area contributed by atoms with Gasteiger partial charge < -0.3 is 9.64 Å². The van der Waals surface area contributed by atoms with Gasteiger partial charge in [-0.05, 0) is 29.3 Å². The molecule has 1 heterocycles. The summed E-state index contributed by atoms with van der Waals surface area (Å²) in [4.78, 5) is 14.3. The Kier molecular flexibility index (Phi) is 6.61. The monoisotopic (exact) mass is 400 g/mol. The van der Waals surface area contributed by atoms with Gasteiger partial charge in [-0.1, -0.05) is 42.5 Å². The van der Waals surface area contributed by atoms with Crippen molar-refractivity contribution in [3.63, 3.8) is 0 Å². The summed E-state index contributed by atoms with van der Waals surface area (Å²) >= 11 is 0. The van der Waals surface area contributed by atoms with E-state index in [0.29, 0.717) is 25.3 Å². The van der Waals surface area contributed by atoms with Gasteiger partial charge in [0.05, 0.1) is 6.61 Å². The van der Waals surface area contributed by atoms with Gasteiger partial charge in [-0.2, -0.15) is 4.31 Å². The van der Waals surface area contributed by atoms with Crippen molar-refractivity contribution in [1.82, 2.24) is 9.21 Å². The van der Waals surface area contributed by atoms with E-state index >= 15 is 0 Å². The number of hydrogen-bond donors (Lipinski definition) is 0. The highest BCUT2D eigenvalue weighted by Gasteiger charge is 2.27. The van der Waals surface area contributed by atoms with Gasteiger partial charge in [0.2, 0.25) is 10.0 Å². The lowest BCUT2D eigenvalue weighted by Gasteiger charge is -2.33. The molecule has 0 radical (unpaired) electrons. The van der Waals surface area contributed by atoms with Gasteiger partial charge in [-0.25, -0.2) is 8.42 Å². The minimum atomic E-state index is -3.51. The van der Waals surface area contributed by atoms with Crippen LogP contribution in [0.1, 0.15) is 21.5 Å². The number of hydrogen-bond acceptors (Lipinski definition) is 4. The van der Waals surface area contributed by atoms with Crippen LogP contribution in [0.2, 0.25) is 0 Å². The first kappa shape index (κ1) is 20.3. The highest BCUT2D eigenvalue weighted by molar-refractivity contribution is 7.92. The first-order chi connectivity index (χ1) is 13.5. The first-order valence-electron chi connectivity index (χ1n) is 9.10. The summed E-state index contributed by atoms with van der Waals surface area (Å²) in [5.41, 5.74) is 2.43. The van der Waals surface area contributed by atoms with E-state index in [1.54, 1.807) is 30.2 Å². The molecule has 28 heavy (non-hydrogen) atoms. The number of amides is 1. The summed E-state index contributed by atoms with van der Waals surface area (Å²) in [6.07, 6.45) is 1.59. The Morgan fingerprint density at radius 1 is 1.00 bits per heavy atom. The Labute approximate surface area is 166 Å². The fraction of sp³-hybridized carbons (Fsp3) is 0.286. The average molecular weight is 401 g/mol. The van der Waals surface area contributed by atoms with Crippen LogP contribution >= 0.6 is 0 Å². The van der Waals surface area contributed by atoms with Crippen LogP contribution in [0.3, 0.4) is 0 Å². The molecule has 148 valence electrons. The minimum Gasteiger partial charge on any atom is -0.380 e. The largest absolute Gasteiger partial charge is 0.380 e. The number of rotatable bonds is 6. The summed E-state index contributed by atoms with van der Waals surface area (Å²) in [6.45, 7) is 1.82. The molecule has 0 atom stereocenters. The van der Waals surface area contributed by atoms with E-state index in [-0.39, 0.29) is 19.0 Å². The van der Waals surface area contributed by atoms with Crippen molar-refractivity contribution in [2.75, 3.05) is 33.3 Å². The van der Waals surface area contributed by atoms with E-state index in [0.717, 1.165) is 11.1 Å². The van der Waals surface area contributed by atoms with Crippen LogP contribution in [0.4, 0.5) is 0 Å². The van der Waals surface area contributed by atoms with Crippen LogP contribution in [-0.4, -0.2) is 56.8 Å². The third-order valence-electron chi connectivity index (χ3n) is 4.63. The Morgan fingerprint density at radius 2 is 1.64 bits per heavy atom. The fourth-order valence-corrected chi connectivity index (χ4v) is 4.23. The summed E-state index contributed by atoms with van der Waals surface area (Å²) in [5, 5.41) is 1.23. The van der Waals surface area contributed by atoms with Crippen LogP contribution in [0.15, 0.2) is 60.0 Å². The zero-order chi connectivity index (χ0) is 20.0. The molecule has 1 aliphatic heterocycles. The summed E-state index contributed by atoms with van der Waals surface area (Å²) < 4.78 is 31.5. The number of ether oxygens (including phenoxy) is 1. The maximum atomic E-state index is 12.6. The molecule has 0 N–H and O–H groups in total. The number of piperazine rings is 1. The zero-order valence-corrected chi connectivity index (χ0v) is 16.6. The summed E-state index contributed by atoms with van der Waals surface area (Å²) in [7, 11) is -1.88. The molecule has 1 aliphatic rings. The van der Waals surface area contributed by atoms with Crippen molar-refractivity contribution in [2.24, 2.45) is 0 Å². The molecule has 1 saturated heterocycles. The van der Waals surface area contributed by atoms with E-state index in [4.69, 9.17) is 4.74 Å². The Bertz CT molecular complexity index is 917. The van der Waals surface area contributed by atoms with E-state index in [1.165, 1.54) is 9.71 Å². The number of carbonyl (C=O) groups excluding carboxylic acids is 1. The molecule has 3 rings (SSSR count). The van der Waals surface area contributed by atoms with E-state index in [9.17, 15) is 13.2 Å². The maximum Gasteiger partial charge on any atom is 0.253 e. The molecule has 7 heteroatoms. The average Bonchev–Trinajstić information content (AvgIpc) is 2.73. The molecule has 0 bridgehead atoms. The summed E-state index contributed by atoms with van der Waals surface area (Å²) in [5.74, 6) is -0.0826. The lowest BCUT2D eigenvalue weighted by molar-refractivity contribution is 0.0698. The van der Waals surface area contributed by atoms with Crippen LogP contribution in [0.25, 0.3) is 6.08 Å². The van der Waals surface area contributed by atoms with Crippen molar-refractivity contribution < 1.29 is 17.9 Å². The van der Waals surface area contributed by atoms with Gasteiger partial charge in [-0.15, -0.1) is 0 Å². The Hall–Kier alpha value is -2.48. The number of methoxy groups -OCH3 is 1. The molecule has 1 fully saturated rings. The second-order valence-corrected chi connectivity index (χ2v) is 8.40. The molecular weight excluding hydrogens is 376 g/mol. The van der Waals surface area contributed by atoms with Gasteiger partial charge in [0.25, 0.3) is 5.91 Å². The first-order valence-corrected chi connectivity index (χ1v) is 10.6. The van der Waals surface area contributed by atoms with E-state index in [2.05, 4.69) is 0 Å². The SMILES string of the molecule is COCc1ccc(C(=O)N2CCN(S(=O)(=O)/C=C/c3ccccc3)CC2)cc1. The van der Waals surface area contributed by atoms with E-state index < -0.39 is 10.0 Å². The van der Waals surface area contributed by atoms with Gasteiger partial charge in [0.1, 0.15) is 0 Å². The summed E-state index contributed by atoms with van der Waals surface area (Å²) in [6, 6.07) is 16.6. The van der Waals surface area contributed by atoms with Gasteiger partial charge in [0, 0.05) is 44.3 Å². The number of sulfonamides is 1. The third-order valence-corrected chi connectivity index (χ3v) is 6.19. The topological polar surface area (TPSA) is 66.9 Å². The predicted molar refractivity (Wildman–Crippen MR) is 109 cm³/mol. The van der Waals surface area contributed by atoms with Crippen molar-refractivity contribution in [2.45, 2.75) is 6.61 Å². The molecule has 6 nitrogen and oxygen atoms in total. The Morgan fingerprint density at radius 3 is 2.25 bits per heavy atom. The molecule has 2 aromatic carbocycles. The molecule has 0 saturated carbocycles. The number of nitrogens with zero attached hydrogens (tertiary/aromatic N) is 2. The maximum absolute atomic E-state index is 12.6. The second kappa shape index (κ2) is 9.14. The number of benzene rings is 2. The van der Waals surface area contributed by atoms with Crippen LogP contribution in [0, 0.1) is 0 Å². The molecular formula is C21H24N2O4S. The fourth-order valence-electron chi connectivity index (χ4n) is 3.05. The predicted octanol–water partition coefficient (Wildman–Crippen LogP) is 2.59.